The number of rotatable bonds is 2. The van der Waals surface area contributed by atoms with Crippen molar-refractivity contribution in [3.05, 3.63) is 11.7 Å². The van der Waals surface area contributed by atoms with Gasteiger partial charge in [0.2, 0.25) is 0 Å². The van der Waals surface area contributed by atoms with Crippen molar-refractivity contribution < 1.29 is 9.26 Å². The van der Waals surface area contributed by atoms with Gasteiger partial charge < -0.3 is 9.26 Å². The molecule has 5 nitrogen and oxygen atoms in total. The van der Waals surface area contributed by atoms with Gasteiger partial charge in [-0.3, -0.25) is 4.90 Å². The fourth-order valence-electron chi connectivity index (χ4n) is 1.98. The second-order valence-corrected chi connectivity index (χ2v) is 4.79. The van der Waals surface area contributed by atoms with Crippen molar-refractivity contribution in [2.45, 2.75) is 39.3 Å². The molecule has 2 rings (SSSR count). The zero-order chi connectivity index (χ0) is 11.8. The van der Waals surface area contributed by atoms with Crippen LogP contribution in [0.5, 0.6) is 0 Å². The Kier molecular flexibility index (Phi) is 2.99. The van der Waals surface area contributed by atoms with Gasteiger partial charge in [0.15, 0.2) is 11.4 Å². The first-order valence-electron chi connectivity index (χ1n) is 5.70. The first-order chi connectivity index (χ1) is 7.51. The zero-order valence-electron chi connectivity index (χ0n) is 10.4. The van der Waals surface area contributed by atoms with E-state index in [1.54, 1.807) is 0 Å². The molecule has 5 heteroatoms. The number of aryl methyl sites for hydroxylation is 1. The topological polar surface area (TPSA) is 51.4 Å². The van der Waals surface area contributed by atoms with Crippen molar-refractivity contribution in [2.75, 3.05) is 19.7 Å². The summed E-state index contributed by atoms with van der Waals surface area (Å²) in [6, 6.07) is 0.507. The molecule has 0 bridgehead atoms. The van der Waals surface area contributed by atoms with Gasteiger partial charge >= 0.3 is 0 Å². The van der Waals surface area contributed by atoms with Gasteiger partial charge in [-0.15, -0.1) is 0 Å². The summed E-state index contributed by atoms with van der Waals surface area (Å²) in [5, 5.41) is 3.82. The van der Waals surface area contributed by atoms with Crippen LogP contribution in [0.3, 0.4) is 0 Å². The maximum absolute atomic E-state index is 5.81. The third kappa shape index (κ3) is 2.10. The van der Waals surface area contributed by atoms with Gasteiger partial charge in [0.1, 0.15) is 0 Å². The number of nitrogens with zero attached hydrogens (tertiary/aromatic N) is 3. The first-order valence-corrected chi connectivity index (χ1v) is 5.70. The van der Waals surface area contributed by atoms with Crippen LogP contribution in [0.1, 0.15) is 32.5 Å². The van der Waals surface area contributed by atoms with Crippen LogP contribution in [0, 0.1) is 6.92 Å². The highest BCUT2D eigenvalue weighted by atomic mass is 16.5. The maximum Gasteiger partial charge on any atom is 0.259 e. The molecular weight excluding hydrogens is 206 g/mol. The second kappa shape index (κ2) is 4.14. The highest BCUT2D eigenvalue weighted by Crippen LogP contribution is 2.28. The van der Waals surface area contributed by atoms with Crippen molar-refractivity contribution >= 4 is 0 Å². The molecule has 16 heavy (non-hydrogen) atoms. The maximum atomic E-state index is 5.81. The average molecular weight is 225 g/mol. The highest BCUT2D eigenvalue weighted by molar-refractivity contribution is 5.00. The van der Waals surface area contributed by atoms with Gasteiger partial charge in [0.25, 0.3) is 5.89 Å². The lowest BCUT2D eigenvalue weighted by Crippen LogP contribution is -2.50. The van der Waals surface area contributed by atoms with Gasteiger partial charge in [0, 0.05) is 19.1 Å². The third-order valence-electron chi connectivity index (χ3n) is 3.01. The Hall–Kier alpha value is -0.940. The Labute approximate surface area is 95.8 Å². The Morgan fingerprint density at radius 1 is 1.44 bits per heavy atom. The predicted molar refractivity (Wildman–Crippen MR) is 59.0 cm³/mol. The SMILES string of the molecule is Cc1noc([C@]2(C)CN(C(C)C)CCO2)n1. The van der Waals surface area contributed by atoms with Gasteiger partial charge in [-0.25, -0.2) is 0 Å². The van der Waals surface area contributed by atoms with Gasteiger partial charge in [-0.05, 0) is 27.7 Å². The summed E-state index contributed by atoms with van der Waals surface area (Å²) in [6.07, 6.45) is 0. The van der Waals surface area contributed by atoms with E-state index in [-0.39, 0.29) is 0 Å². The van der Waals surface area contributed by atoms with Crippen LogP contribution in [0.4, 0.5) is 0 Å². The number of hydrogen-bond acceptors (Lipinski definition) is 5. The summed E-state index contributed by atoms with van der Waals surface area (Å²) in [4.78, 5) is 6.63. The van der Waals surface area contributed by atoms with Gasteiger partial charge in [0.05, 0.1) is 6.61 Å². The Balaban J connectivity index is 2.18. The third-order valence-corrected chi connectivity index (χ3v) is 3.01. The van der Waals surface area contributed by atoms with Crippen molar-refractivity contribution in [3.63, 3.8) is 0 Å². The first kappa shape index (κ1) is 11.5. The Morgan fingerprint density at radius 2 is 2.19 bits per heavy atom. The molecule has 0 radical (unpaired) electrons. The normalized spacial score (nSPS) is 27.6. The van der Waals surface area contributed by atoms with E-state index in [9.17, 15) is 0 Å². The lowest BCUT2D eigenvalue weighted by atomic mass is 10.0. The molecule has 1 aliphatic rings. The molecule has 0 N–H and O–H groups in total. The van der Waals surface area contributed by atoms with Crippen LogP contribution >= 0.6 is 0 Å². The minimum atomic E-state index is -0.468. The lowest BCUT2D eigenvalue weighted by molar-refractivity contribution is -0.125. The number of aromatic nitrogens is 2. The molecule has 1 aromatic heterocycles. The summed E-state index contributed by atoms with van der Waals surface area (Å²) in [6.45, 7) is 10.7. The molecule has 1 aliphatic heterocycles. The van der Waals surface area contributed by atoms with Crippen molar-refractivity contribution in [2.24, 2.45) is 0 Å². The minimum absolute atomic E-state index is 0.468. The van der Waals surface area contributed by atoms with E-state index in [1.807, 2.05) is 13.8 Å². The zero-order valence-corrected chi connectivity index (χ0v) is 10.4. The van der Waals surface area contributed by atoms with Crippen molar-refractivity contribution in [1.29, 1.82) is 0 Å². The quantitative estimate of drug-likeness (QED) is 0.760. The smallest absolute Gasteiger partial charge is 0.259 e. The molecule has 0 amide bonds. The summed E-state index contributed by atoms with van der Waals surface area (Å²) in [7, 11) is 0. The van der Waals surface area contributed by atoms with Gasteiger partial charge in [-0.1, -0.05) is 5.16 Å². The minimum Gasteiger partial charge on any atom is -0.363 e. The van der Waals surface area contributed by atoms with Crippen LogP contribution in [0.2, 0.25) is 0 Å². The summed E-state index contributed by atoms with van der Waals surface area (Å²) >= 11 is 0. The molecule has 1 saturated heterocycles. The van der Waals surface area contributed by atoms with Crippen LogP contribution in [0.25, 0.3) is 0 Å². The van der Waals surface area contributed by atoms with Crippen molar-refractivity contribution in [1.82, 2.24) is 15.0 Å². The number of ether oxygens (including phenoxy) is 1. The molecule has 2 heterocycles. The molecule has 0 unspecified atom stereocenters. The average Bonchev–Trinajstić information content (AvgIpc) is 2.65. The lowest BCUT2D eigenvalue weighted by Gasteiger charge is -2.40. The Morgan fingerprint density at radius 3 is 2.75 bits per heavy atom. The fraction of sp³-hybridized carbons (Fsp3) is 0.818. The molecule has 0 spiro atoms. The van der Waals surface area contributed by atoms with E-state index in [4.69, 9.17) is 9.26 Å². The molecule has 0 aliphatic carbocycles. The number of morpholine rings is 1. The molecule has 0 saturated carbocycles. The molecule has 1 atom stereocenters. The number of hydrogen-bond donors (Lipinski definition) is 0. The van der Waals surface area contributed by atoms with Crippen LogP contribution in [-0.4, -0.2) is 40.8 Å². The molecule has 0 aromatic carbocycles. The van der Waals surface area contributed by atoms with E-state index in [2.05, 4.69) is 28.9 Å². The predicted octanol–water partition coefficient (Wildman–Crippen LogP) is 1.33. The van der Waals surface area contributed by atoms with E-state index < -0.39 is 5.60 Å². The second-order valence-electron chi connectivity index (χ2n) is 4.79. The van der Waals surface area contributed by atoms with Gasteiger partial charge in [-0.2, -0.15) is 4.98 Å². The fourth-order valence-corrected chi connectivity index (χ4v) is 1.98. The highest BCUT2D eigenvalue weighted by Gasteiger charge is 2.39. The van der Waals surface area contributed by atoms with E-state index in [0.717, 1.165) is 13.1 Å². The summed E-state index contributed by atoms with van der Waals surface area (Å²) < 4.78 is 11.0. The van der Waals surface area contributed by atoms with E-state index in [0.29, 0.717) is 24.4 Å². The summed E-state index contributed by atoms with van der Waals surface area (Å²) in [5.41, 5.74) is -0.468. The largest absolute Gasteiger partial charge is 0.363 e. The molecule has 90 valence electrons. The monoisotopic (exact) mass is 225 g/mol. The molecule has 1 aromatic rings. The summed E-state index contributed by atoms with van der Waals surface area (Å²) in [5.74, 6) is 1.23. The van der Waals surface area contributed by atoms with Crippen LogP contribution in [0.15, 0.2) is 4.52 Å². The molecule has 1 fully saturated rings. The van der Waals surface area contributed by atoms with E-state index >= 15 is 0 Å². The van der Waals surface area contributed by atoms with E-state index in [1.165, 1.54) is 0 Å². The van der Waals surface area contributed by atoms with Crippen LogP contribution in [-0.2, 0) is 10.3 Å². The van der Waals surface area contributed by atoms with Crippen LogP contribution < -0.4 is 0 Å². The Bertz CT molecular complexity index is 364. The standard InChI is InChI=1S/C11H19N3O2/c1-8(2)14-5-6-15-11(4,7-14)10-12-9(3)13-16-10/h8H,5-7H2,1-4H3/t11-/m0/s1. The molecular formula is C11H19N3O2. The van der Waals surface area contributed by atoms with Crippen molar-refractivity contribution in [3.8, 4) is 0 Å².